The van der Waals surface area contributed by atoms with E-state index in [9.17, 15) is 0 Å². The number of aryl methyl sites for hydroxylation is 2. The zero-order chi connectivity index (χ0) is 24.1. The maximum atomic E-state index is 6.99. The Morgan fingerprint density at radius 2 is 1.24 bits per heavy atom. The fourth-order valence-corrected chi connectivity index (χ4v) is 5.32. The van der Waals surface area contributed by atoms with E-state index < -0.39 is 0 Å². The molecule has 0 amide bonds. The first-order chi connectivity index (χ1) is 15.9. The Kier molecular flexibility index (Phi) is 8.73. The van der Waals surface area contributed by atoms with E-state index >= 15 is 0 Å². The van der Waals surface area contributed by atoms with E-state index in [1.165, 1.54) is 27.9 Å². The van der Waals surface area contributed by atoms with Gasteiger partial charge in [0.25, 0.3) is 0 Å². The molecule has 0 aromatic heterocycles. The van der Waals surface area contributed by atoms with Gasteiger partial charge in [0.15, 0.2) is 0 Å². The normalized spacial score (nSPS) is 12.0. The molecule has 0 fully saturated rings. The molecule has 3 rings (SSSR count). The van der Waals surface area contributed by atoms with Crippen LogP contribution in [0.2, 0.25) is 10.0 Å². The average molecular weight is 484 g/mol. The van der Waals surface area contributed by atoms with Gasteiger partial charge in [-0.3, -0.25) is 0 Å². The van der Waals surface area contributed by atoms with E-state index in [1.54, 1.807) is 0 Å². The average Bonchev–Trinajstić information content (AvgIpc) is 2.80. The van der Waals surface area contributed by atoms with Crippen LogP contribution in [0.4, 0.5) is 11.4 Å². The molecule has 1 atom stereocenters. The smallest absolute Gasteiger partial charge is 0.0643 e. The van der Waals surface area contributed by atoms with Crippen molar-refractivity contribution in [1.82, 2.24) is 0 Å². The van der Waals surface area contributed by atoms with Crippen molar-refractivity contribution in [2.24, 2.45) is 0 Å². The van der Waals surface area contributed by atoms with Gasteiger partial charge in [0.05, 0.1) is 10.7 Å². The summed E-state index contributed by atoms with van der Waals surface area (Å²) in [5.74, 6) is 0.00714. The third-order valence-corrected chi connectivity index (χ3v) is 7.30. The van der Waals surface area contributed by atoms with Crippen LogP contribution in [0.1, 0.15) is 61.4 Å². The highest BCUT2D eigenvalue weighted by Gasteiger charge is 2.25. The fourth-order valence-electron chi connectivity index (χ4n) is 4.76. The predicted octanol–water partition coefficient (Wildman–Crippen LogP) is 8.48. The van der Waals surface area contributed by atoms with Crippen LogP contribution < -0.4 is 9.80 Å². The van der Waals surface area contributed by atoms with E-state index in [0.29, 0.717) is 0 Å². The molecule has 0 radical (unpaired) electrons. The zero-order valence-corrected chi connectivity index (χ0v) is 22.3. The molecule has 0 aliphatic rings. The van der Waals surface area contributed by atoms with Crippen LogP contribution >= 0.6 is 23.2 Å². The van der Waals surface area contributed by atoms with Gasteiger partial charge in [-0.05, 0) is 93.6 Å². The minimum absolute atomic E-state index is 0.00714. The molecule has 0 N–H and O–H groups in total. The lowest BCUT2D eigenvalue weighted by Crippen LogP contribution is -2.22. The number of benzene rings is 3. The summed E-state index contributed by atoms with van der Waals surface area (Å²) in [5, 5.41) is 1.50. The van der Waals surface area contributed by atoms with Crippen LogP contribution in [-0.2, 0) is 0 Å². The van der Waals surface area contributed by atoms with Crippen molar-refractivity contribution >= 4 is 34.6 Å². The summed E-state index contributed by atoms with van der Waals surface area (Å²) in [6.45, 7) is 16.8. The highest BCUT2D eigenvalue weighted by Crippen LogP contribution is 2.43. The first-order valence-corrected chi connectivity index (χ1v) is 12.8. The SMILES string of the molecule is CCN(CC)c1ccc(C(c2ccccc2C)c2cc(Cl)c(N(CC)CC)cc2Cl)c(C)c1. The van der Waals surface area contributed by atoms with Crippen LogP contribution in [0.5, 0.6) is 0 Å². The highest BCUT2D eigenvalue weighted by molar-refractivity contribution is 6.36. The quantitative estimate of drug-likeness (QED) is 0.282. The van der Waals surface area contributed by atoms with Gasteiger partial charge in [-0.1, -0.05) is 53.5 Å². The minimum atomic E-state index is 0.00714. The predicted molar refractivity (Wildman–Crippen MR) is 147 cm³/mol. The first kappa shape index (κ1) is 25.5. The Bertz CT molecular complexity index is 1080. The van der Waals surface area contributed by atoms with Gasteiger partial charge in [0.1, 0.15) is 0 Å². The lowest BCUT2D eigenvalue weighted by Gasteiger charge is -2.28. The molecule has 176 valence electrons. The fraction of sp³-hybridized carbons (Fsp3) is 0.379. The van der Waals surface area contributed by atoms with Crippen LogP contribution in [-0.4, -0.2) is 26.2 Å². The summed E-state index contributed by atoms with van der Waals surface area (Å²) in [7, 11) is 0. The lowest BCUT2D eigenvalue weighted by atomic mass is 9.81. The molecule has 0 heterocycles. The Hall–Kier alpha value is -2.16. The van der Waals surface area contributed by atoms with Crippen molar-refractivity contribution in [2.75, 3.05) is 36.0 Å². The molecule has 1 unspecified atom stereocenters. The summed E-state index contributed by atoms with van der Waals surface area (Å²) in [6, 6.07) is 19.5. The van der Waals surface area contributed by atoms with E-state index in [0.717, 1.165) is 47.5 Å². The summed E-state index contributed by atoms with van der Waals surface area (Å²) in [6.07, 6.45) is 0. The van der Waals surface area contributed by atoms with Crippen LogP contribution in [0, 0.1) is 13.8 Å². The van der Waals surface area contributed by atoms with Crippen LogP contribution in [0.25, 0.3) is 0 Å². The zero-order valence-electron chi connectivity index (χ0n) is 20.8. The van der Waals surface area contributed by atoms with Gasteiger partial charge in [0, 0.05) is 42.8 Å². The third-order valence-electron chi connectivity index (χ3n) is 6.67. The van der Waals surface area contributed by atoms with Gasteiger partial charge in [-0.15, -0.1) is 0 Å². The molecule has 3 aromatic carbocycles. The maximum Gasteiger partial charge on any atom is 0.0643 e. The summed E-state index contributed by atoms with van der Waals surface area (Å²) < 4.78 is 0. The van der Waals surface area contributed by atoms with E-state index in [-0.39, 0.29) is 5.92 Å². The van der Waals surface area contributed by atoms with Crippen molar-refractivity contribution in [1.29, 1.82) is 0 Å². The van der Waals surface area contributed by atoms with Gasteiger partial charge < -0.3 is 9.80 Å². The molecule has 0 saturated heterocycles. The number of nitrogens with zero attached hydrogens (tertiary/aromatic N) is 2. The minimum Gasteiger partial charge on any atom is -0.372 e. The van der Waals surface area contributed by atoms with E-state index in [1.807, 2.05) is 6.07 Å². The second-order valence-electron chi connectivity index (χ2n) is 8.50. The second-order valence-corrected chi connectivity index (χ2v) is 9.31. The van der Waals surface area contributed by atoms with Crippen molar-refractivity contribution in [3.8, 4) is 0 Å². The summed E-state index contributed by atoms with van der Waals surface area (Å²) >= 11 is 13.8. The van der Waals surface area contributed by atoms with Crippen molar-refractivity contribution in [3.05, 3.63) is 92.5 Å². The standard InChI is InChI=1S/C29H36Cl2N2/c1-7-32(8-2)22-15-16-24(21(6)17-22)29(23-14-12-11-13-20(23)5)25-18-27(31)28(19-26(25)30)33(9-3)10-4/h11-19,29H,7-10H2,1-6H3. The molecule has 0 aliphatic carbocycles. The van der Waals surface area contributed by atoms with Crippen molar-refractivity contribution < 1.29 is 0 Å². The van der Waals surface area contributed by atoms with Gasteiger partial charge in [-0.2, -0.15) is 0 Å². The Balaban J connectivity index is 2.22. The monoisotopic (exact) mass is 482 g/mol. The number of rotatable bonds is 9. The molecular weight excluding hydrogens is 447 g/mol. The second kappa shape index (κ2) is 11.3. The number of hydrogen-bond donors (Lipinski definition) is 0. The first-order valence-electron chi connectivity index (χ1n) is 12.0. The molecule has 33 heavy (non-hydrogen) atoms. The Morgan fingerprint density at radius 3 is 1.82 bits per heavy atom. The molecule has 2 nitrogen and oxygen atoms in total. The third kappa shape index (κ3) is 5.34. The van der Waals surface area contributed by atoms with Crippen LogP contribution in [0.15, 0.2) is 54.6 Å². The molecule has 0 bridgehead atoms. The lowest BCUT2D eigenvalue weighted by molar-refractivity contribution is 0.860. The maximum absolute atomic E-state index is 6.99. The number of halogens is 2. The highest BCUT2D eigenvalue weighted by atomic mass is 35.5. The van der Waals surface area contributed by atoms with Gasteiger partial charge in [-0.25, -0.2) is 0 Å². The number of anilines is 2. The van der Waals surface area contributed by atoms with Crippen LogP contribution in [0.3, 0.4) is 0 Å². The molecule has 4 heteroatoms. The van der Waals surface area contributed by atoms with Crippen molar-refractivity contribution in [2.45, 2.75) is 47.5 Å². The van der Waals surface area contributed by atoms with Gasteiger partial charge in [0.2, 0.25) is 0 Å². The molecule has 3 aromatic rings. The topological polar surface area (TPSA) is 6.48 Å². The molecular formula is C29H36Cl2N2. The van der Waals surface area contributed by atoms with E-state index in [2.05, 4.69) is 99.9 Å². The Labute approximate surface area is 210 Å². The molecule has 0 aliphatic heterocycles. The summed E-state index contributed by atoms with van der Waals surface area (Å²) in [5.41, 5.74) is 8.31. The largest absolute Gasteiger partial charge is 0.372 e. The number of hydrogen-bond acceptors (Lipinski definition) is 2. The summed E-state index contributed by atoms with van der Waals surface area (Å²) in [4.78, 5) is 4.62. The molecule has 0 spiro atoms. The Morgan fingerprint density at radius 1 is 0.636 bits per heavy atom. The van der Waals surface area contributed by atoms with Crippen molar-refractivity contribution in [3.63, 3.8) is 0 Å². The van der Waals surface area contributed by atoms with E-state index in [4.69, 9.17) is 23.2 Å². The van der Waals surface area contributed by atoms with Gasteiger partial charge >= 0.3 is 0 Å². The molecule has 0 saturated carbocycles.